The van der Waals surface area contributed by atoms with E-state index in [2.05, 4.69) is 0 Å². The van der Waals surface area contributed by atoms with Crippen molar-refractivity contribution in [1.29, 1.82) is 0 Å². The molecule has 0 unspecified atom stereocenters. The second-order valence-electron chi connectivity index (χ2n) is 6.28. The van der Waals surface area contributed by atoms with Gasteiger partial charge in [0, 0.05) is 0 Å². The van der Waals surface area contributed by atoms with Crippen LogP contribution in [0, 0.1) is 0 Å². The normalized spacial score (nSPS) is 11.0. The number of ether oxygens (including phenoxy) is 2. The SMILES string of the molecule is O=S(=O)(c1ccc(Oc2ccccc2)cc1)c1ccc(Oc2ccccc2)cc1. The van der Waals surface area contributed by atoms with E-state index in [0.29, 0.717) is 23.0 Å². The van der Waals surface area contributed by atoms with E-state index in [0.717, 1.165) is 0 Å². The van der Waals surface area contributed by atoms with Crippen LogP contribution in [-0.4, -0.2) is 8.42 Å². The topological polar surface area (TPSA) is 52.6 Å². The first kappa shape index (κ1) is 18.8. The maximum absolute atomic E-state index is 12.9. The summed E-state index contributed by atoms with van der Waals surface area (Å²) in [5.74, 6) is 2.53. The molecule has 4 aromatic carbocycles. The third-order valence-electron chi connectivity index (χ3n) is 4.23. The number of para-hydroxylation sites is 2. The van der Waals surface area contributed by atoms with Gasteiger partial charge >= 0.3 is 0 Å². The monoisotopic (exact) mass is 402 g/mol. The van der Waals surface area contributed by atoms with Crippen LogP contribution < -0.4 is 9.47 Å². The van der Waals surface area contributed by atoms with Crippen LogP contribution in [-0.2, 0) is 9.84 Å². The van der Waals surface area contributed by atoms with Crippen molar-refractivity contribution in [1.82, 2.24) is 0 Å². The zero-order chi connectivity index (χ0) is 20.1. The lowest BCUT2D eigenvalue weighted by Crippen LogP contribution is -2.01. The average Bonchev–Trinajstić information content (AvgIpc) is 2.76. The van der Waals surface area contributed by atoms with Crippen molar-refractivity contribution in [3.8, 4) is 23.0 Å². The molecule has 0 aliphatic rings. The zero-order valence-corrected chi connectivity index (χ0v) is 16.3. The zero-order valence-electron chi connectivity index (χ0n) is 15.4. The Morgan fingerprint density at radius 1 is 0.414 bits per heavy atom. The van der Waals surface area contributed by atoms with Crippen molar-refractivity contribution in [2.75, 3.05) is 0 Å². The minimum atomic E-state index is -3.63. The molecule has 0 aromatic heterocycles. The quantitative estimate of drug-likeness (QED) is 0.391. The smallest absolute Gasteiger partial charge is 0.206 e. The maximum atomic E-state index is 12.9. The minimum absolute atomic E-state index is 0.203. The number of benzene rings is 4. The highest BCUT2D eigenvalue weighted by Gasteiger charge is 2.18. The Morgan fingerprint density at radius 2 is 0.724 bits per heavy atom. The second-order valence-corrected chi connectivity index (χ2v) is 8.23. The van der Waals surface area contributed by atoms with Gasteiger partial charge in [0.1, 0.15) is 23.0 Å². The molecule has 0 bridgehead atoms. The van der Waals surface area contributed by atoms with E-state index in [-0.39, 0.29) is 9.79 Å². The van der Waals surface area contributed by atoms with E-state index < -0.39 is 9.84 Å². The number of hydrogen-bond acceptors (Lipinski definition) is 4. The van der Waals surface area contributed by atoms with Gasteiger partial charge in [0.15, 0.2) is 0 Å². The van der Waals surface area contributed by atoms with Gasteiger partial charge in [0.25, 0.3) is 0 Å². The number of rotatable bonds is 6. The summed E-state index contributed by atoms with van der Waals surface area (Å²) in [5, 5.41) is 0. The molecule has 0 radical (unpaired) electrons. The molecule has 29 heavy (non-hydrogen) atoms. The predicted molar refractivity (Wildman–Crippen MR) is 111 cm³/mol. The Bertz CT molecular complexity index is 1080. The van der Waals surface area contributed by atoms with Crippen molar-refractivity contribution < 1.29 is 17.9 Å². The van der Waals surface area contributed by atoms with E-state index in [4.69, 9.17) is 9.47 Å². The Kier molecular flexibility index (Phi) is 5.31. The summed E-state index contributed by atoms with van der Waals surface area (Å²) < 4.78 is 37.2. The lowest BCUT2D eigenvalue weighted by atomic mass is 10.3. The molecule has 0 saturated carbocycles. The highest BCUT2D eigenvalue weighted by Crippen LogP contribution is 2.28. The fourth-order valence-corrected chi connectivity index (χ4v) is 4.02. The number of hydrogen-bond donors (Lipinski definition) is 0. The van der Waals surface area contributed by atoms with Gasteiger partial charge in [-0.25, -0.2) is 8.42 Å². The van der Waals surface area contributed by atoms with E-state index in [1.165, 1.54) is 0 Å². The fourth-order valence-electron chi connectivity index (χ4n) is 2.76. The van der Waals surface area contributed by atoms with Crippen LogP contribution in [0.5, 0.6) is 23.0 Å². The molecule has 0 atom stereocenters. The van der Waals surface area contributed by atoms with Gasteiger partial charge in [-0.1, -0.05) is 36.4 Å². The third kappa shape index (κ3) is 4.47. The first-order valence-electron chi connectivity index (χ1n) is 9.02. The molecule has 0 fully saturated rings. The van der Waals surface area contributed by atoms with Gasteiger partial charge in [-0.15, -0.1) is 0 Å². The first-order valence-corrected chi connectivity index (χ1v) is 10.5. The van der Waals surface area contributed by atoms with Crippen molar-refractivity contribution in [3.63, 3.8) is 0 Å². The lowest BCUT2D eigenvalue weighted by molar-refractivity contribution is 0.482. The van der Waals surface area contributed by atoms with E-state index in [1.807, 2.05) is 60.7 Å². The minimum Gasteiger partial charge on any atom is -0.457 e. The fraction of sp³-hybridized carbons (Fsp3) is 0. The highest BCUT2D eigenvalue weighted by atomic mass is 32.2. The van der Waals surface area contributed by atoms with Gasteiger partial charge < -0.3 is 9.47 Å². The summed E-state index contributed by atoms with van der Waals surface area (Å²) >= 11 is 0. The van der Waals surface area contributed by atoms with Gasteiger partial charge in [-0.3, -0.25) is 0 Å². The van der Waals surface area contributed by atoms with Gasteiger partial charge in [-0.05, 0) is 72.8 Å². The van der Waals surface area contributed by atoms with Crippen LogP contribution in [0.4, 0.5) is 0 Å². The maximum Gasteiger partial charge on any atom is 0.206 e. The Labute approximate surface area is 169 Å². The van der Waals surface area contributed by atoms with Crippen molar-refractivity contribution >= 4 is 9.84 Å². The predicted octanol–water partition coefficient (Wildman–Crippen LogP) is 6.10. The molecule has 0 amide bonds. The summed E-state index contributed by atoms with van der Waals surface area (Å²) in [4.78, 5) is 0.407. The summed E-state index contributed by atoms with van der Waals surface area (Å²) in [5.41, 5.74) is 0. The molecule has 144 valence electrons. The molecule has 0 aliphatic carbocycles. The molecule has 4 rings (SSSR count). The van der Waals surface area contributed by atoms with Gasteiger partial charge in [-0.2, -0.15) is 0 Å². The van der Waals surface area contributed by atoms with E-state index in [1.54, 1.807) is 48.5 Å². The van der Waals surface area contributed by atoms with Crippen LogP contribution >= 0.6 is 0 Å². The lowest BCUT2D eigenvalue weighted by Gasteiger charge is -2.09. The average molecular weight is 402 g/mol. The standard InChI is InChI=1S/C24H18O4S/c25-29(26,23-15-11-21(12-16-23)27-19-7-3-1-4-8-19)24-17-13-22(14-18-24)28-20-9-5-2-6-10-20/h1-18H. The molecular formula is C24H18O4S. The molecule has 0 spiro atoms. The van der Waals surface area contributed by atoms with Crippen molar-refractivity contribution in [3.05, 3.63) is 109 Å². The van der Waals surface area contributed by atoms with Crippen LogP contribution in [0.1, 0.15) is 0 Å². The molecule has 4 aromatic rings. The van der Waals surface area contributed by atoms with Crippen LogP contribution in [0.15, 0.2) is 119 Å². The molecule has 4 nitrogen and oxygen atoms in total. The highest BCUT2D eigenvalue weighted by molar-refractivity contribution is 7.91. The first-order chi connectivity index (χ1) is 14.1. The van der Waals surface area contributed by atoms with Crippen molar-refractivity contribution in [2.45, 2.75) is 9.79 Å². The summed E-state index contributed by atoms with van der Waals surface area (Å²) in [6.45, 7) is 0. The Morgan fingerprint density at radius 3 is 1.07 bits per heavy atom. The Balaban J connectivity index is 1.50. The largest absolute Gasteiger partial charge is 0.457 e. The molecule has 0 saturated heterocycles. The van der Waals surface area contributed by atoms with Crippen molar-refractivity contribution in [2.24, 2.45) is 0 Å². The van der Waals surface area contributed by atoms with Gasteiger partial charge in [0.05, 0.1) is 9.79 Å². The second kappa shape index (κ2) is 8.20. The van der Waals surface area contributed by atoms with E-state index >= 15 is 0 Å². The molecule has 0 N–H and O–H groups in total. The van der Waals surface area contributed by atoms with Crippen LogP contribution in [0.3, 0.4) is 0 Å². The third-order valence-corrected chi connectivity index (χ3v) is 6.01. The summed E-state index contributed by atoms with van der Waals surface area (Å²) in [7, 11) is -3.63. The number of sulfone groups is 1. The molecule has 0 aliphatic heterocycles. The molecule has 0 heterocycles. The Hall–Kier alpha value is -3.57. The molecule has 5 heteroatoms. The van der Waals surface area contributed by atoms with Gasteiger partial charge in [0.2, 0.25) is 9.84 Å². The molecular weight excluding hydrogens is 384 g/mol. The summed E-state index contributed by atoms with van der Waals surface area (Å²) in [6, 6.07) is 31.4. The van der Waals surface area contributed by atoms with Crippen LogP contribution in [0.2, 0.25) is 0 Å². The van der Waals surface area contributed by atoms with Crippen LogP contribution in [0.25, 0.3) is 0 Å². The summed E-state index contributed by atoms with van der Waals surface area (Å²) in [6.07, 6.45) is 0. The van der Waals surface area contributed by atoms with E-state index in [9.17, 15) is 8.42 Å².